The number of nitrogens with zero attached hydrogens (tertiary/aromatic N) is 3. The second-order valence-corrected chi connectivity index (χ2v) is 4.04. The Hall–Kier alpha value is -1.85. The molecule has 0 amide bonds. The van der Waals surface area contributed by atoms with Crippen LogP contribution in [0.1, 0.15) is 12.8 Å². The van der Waals surface area contributed by atoms with E-state index in [1.165, 1.54) is 6.33 Å². The summed E-state index contributed by atoms with van der Waals surface area (Å²) >= 11 is 0. The maximum atomic E-state index is 11.0. The van der Waals surface area contributed by atoms with Gasteiger partial charge in [0.15, 0.2) is 0 Å². The maximum absolute atomic E-state index is 11.0. The predicted octanol–water partition coefficient (Wildman–Crippen LogP) is 0.786. The van der Waals surface area contributed by atoms with E-state index < -0.39 is 5.97 Å². The van der Waals surface area contributed by atoms with Crippen LogP contribution in [0, 0.1) is 5.92 Å². The lowest BCUT2D eigenvalue weighted by Crippen LogP contribution is -2.39. The molecule has 2 rings (SSSR count). The highest BCUT2D eigenvalue weighted by Crippen LogP contribution is 2.23. The number of anilines is 1. The zero-order chi connectivity index (χ0) is 12.3. The highest BCUT2D eigenvalue weighted by molar-refractivity contribution is 5.71. The number of carbonyl (C=O) groups is 1. The lowest BCUT2D eigenvalue weighted by Gasteiger charge is -2.31. The third kappa shape index (κ3) is 2.64. The molecule has 0 unspecified atom stereocenters. The van der Waals surface area contributed by atoms with Gasteiger partial charge in [-0.2, -0.15) is 0 Å². The average Bonchev–Trinajstić information content (AvgIpc) is 2.39. The molecular weight excluding hydrogens is 222 g/mol. The Kier molecular flexibility index (Phi) is 3.41. The third-order valence-electron chi connectivity index (χ3n) is 2.93. The van der Waals surface area contributed by atoms with Gasteiger partial charge in [-0.25, -0.2) is 9.97 Å². The van der Waals surface area contributed by atoms with Crippen molar-refractivity contribution in [2.45, 2.75) is 12.8 Å². The SMILES string of the molecule is COc1cc(N2CCC[C@H](C(=O)O)C2)ncn1. The normalized spacial score (nSPS) is 20.1. The fourth-order valence-electron chi connectivity index (χ4n) is 2.00. The summed E-state index contributed by atoms with van der Waals surface area (Å²) in [6.07, 6.45) is 3.02. The molecule has 1 aromatic rings. The van der Waals surface area contributed by atoms with Crippen LogP contribution in [0.15, 0.2) is 12.4 Å². The summed E-state index contributed by atoms with van der Waals surface area (Å²) in [7, 11) is 1.54. The number of methoxy groups -OCH3 is 1. The minimum absolute atomic E-state index is 0.315. The first-order valence-electron chi connectivity index (χ1n) is 5.54. The van der Waals surface area contributed by atoms with Crippen molar-refractivity contribution >= 4 is 11.8 Å². The minimum atomic E-state index is -0.740. The molecule has 1 aliphatic heterocycles. The van der Waals surface area contributed by atoms with Gasteiger partial charge in [-0.05, 0) is 12.8 Å². The minimum Gasteiger partial charge on any atom is -0.481 e. The molecule has 6 heteroatoms. The summed E-state index contributed by atoms with van der Waals surface area (Å²) in [4.78, 5) is 21.0. The van der Waals surface area contributed by atoms with Crippen LogP contribution in [0.2, 0.25) is 0 Å². The molecule has 1 aromatic heterocycles. The highest BCUT2D eigenvalue weighted by atomic mass is 16.5. The van der Waals surface area contributed by atoms with Crippen LogP contribution in [-0.2, 0) is 4.79 Å². The van der Waals surface area contributed by atoms with E-state index in [0.717, 1.165) is 25.2 Å². The number of hydrogen-bond donors (Lipinski definition) is 1. The Labute approximate surface area is 99.2 Å². The van der Waals surface area contributed by atoms with Gasteiger partial charge >= 0.3 is 5.97 Å². The Morgan fingerprint density at radius 3 is 3.12 bits per heavy atom. The monoisotopic (exact) mass is 237 g/mol. The molecule has 1 atom stereocenters. The molecule has 1 aliphatic rings. The van der Waals surface area contributed by atoms with Crippen LogP contribution in [-0.4, -0.2) is 41.2 Å². The lowest BCUT2D eigenvalue weighted by molar-refractivity contribution is -0.141. The Balaban J connectivity index is 2.13. The molecular formula is C11H15N3O3. The van der Waals surface area contributed by atoms with E-state index in [1.807, 2.05) is 4.90 Å². The summed E-state index contributed by atoms with van der Waals surface area (Å²) in [6.45, 7) is 1.32. The van der Waals surface area contributed by atoms with E-state index >= 15 is 0 Å². The summed E-state index contributed by atoms with van der Waals surface area (Å²) in [6, 6.07) is 1.73. The zero-order valence-electron chi connectivity index (χ0n) is 9.67. The van der Waals surface area contributed by atoms with Crippen molar-refractivity contribution in [3.05, 3.63) is 12.4 Å². The van der Waals surface area contributed by atoms with Gasteiger partial charge in [0.25, 0.3) is 0 Å². The van der Waals surface area contributed by atoms with Gasteiger partial charge in [0, 0.05) is 19.2 Å². The molecule has 0 aliphatic carbocycles. The van der Waals surface area contributed by atoms with Crippen LogP contribution < -0.4 is 9.64 Å². The summed E-state index contributed by atoms with van der Waals surface area (Å²) < 4.78 is 5.03. The Morgan fingerprint density at radius 2 is 2.41 bits per heavy atom. The fourth-order valence-corrected chi connectivity index (χ4v) is 2.00. The first-order valence-corrected chi connectivity index (χ1v) is 5.54. The second-order valence-electron chi connectivity index (χ2n) is 4.04. The molecule has 2 heterocycles. The van der Waals surface area contributed by atoms with Gasteiger partial charge in [0.05, 0.1) is 13.0 Å². The molecule has 1 N–H and O–H groups in total. The Bertz CT molecular complexity index is 411. The zero-order valence-corrected chi connectivity index (χ0v) is 9.67. The first kappa shape index (κ1) is 11.6. The molecule has 1 fully saturated rings. The highest BCUT2D eigenvalue weighted by Gasteiger charge is 2.26. The molecule has 0 saturated carbocycles. The second kappa shape index (κ2) is 4.99. The van der Waals surface area contributed by atoms with Crippen LogP contribution in [0.25, 0.3) is 0 Å². The van der Waals surface area contributed by atoms with Crippen LogP contribution >= 0.6 is 0 Å². The smallest absolute Gasteiger partial charge is 0.308 e. The van der Waals surface area contributed by atoms with E-state index in [2.05, 4.69) is 9.97 Å². The molecule has 0 radical (unpaired) electrons. The van der Waals surface area contributed by atoms with Gasteiger partial charge in [-0.15, -0.1) is 0 Å². The molecule has 17 heavy (non-hydrogen) atoms. The van der Waals surface area contributed by atoms with Crippen molar-refractivity contribution in [3.8, 4) is 5.88 Å². The van der Waals surface area contributed by atoms with Crippen LogP contribution in [0.4, 0.5) is 5.82 Å². The van der Waals surface area contributed by atoms with Gasteiger partial charge in [0.1, 0.15) is 12.1 Å². The number of hydrogen-bond acceptors (Lipinski definition) is 5. The predicted molar refractivity (Wildman–Crippen MR) is 61.2 cm³/mol. The van der Waals surface area contributed by atoms with Crippen molar-refractivity contribution in [3.63, 3.8) is 0 Å². The quantitative estimate of drug-likeness (QED) is 0.837. The fraction of sp³-hybridized carbons (Fsp3) is 0.545. The number of aliphatic carboxylic acids is 1. The van der Waals surface area contributed by atoms with E-state index in [0.29, 0.717) is 12.4 Å². The van der Waals surface area contributed by atoms with Crippen LogP contribution in [0.5, 0.6) is 5.88 Å². The topological polar surface area (TPSA) is 75.5 Å². The number of piperidine rings is 1. The van der Waals surface area contributed by atoms with Crippen molar-refractivity contribution in [1.29, 1.82) is 0 Å². The van der Waals surface area contributed by atoms with Crippen molar-refractivity contribution in [1.82, 2.24) is 9.97 Å². The lowest BCUT2D eigenvalue weighted by atomic mass is 9.98. The van der Waals surface area contributed by atoms with Crippen LogP contribution in [0.3, 0.4) is 0 Å². The molecule has 0 bridgehead atoms. The number of rotatable bonds is 3. The first-order chi connectivity index (χ1) is 8.20. The van der Waals surface area contributed by atoms with E-state index in [4.69, 9.17) is 9.84 Å². The summed E-state index contributed by atoms with van der Waals surface area (Å²) in [5.74, 6) is 0.163. The average molecular weight is 237 g/mol. The van der Waals surface area contributed by atoms with Gasteiger partial charge in [-0.1, -0.05) is 0 Å². The van der Waals surface area contributed by atoms with Crippen molar-refractivity contribution in [2.75, 3.05) is 25.1 Å². The maximum Gasteiger partial charge on any atom is 0.308 e. The largest absolute Gasteiger partial charge is 0.481 e. The molecule has 1 saturated heterocycles. The van der Waals surface area contributed by atoms with E-state index in [-0.39, 0.29) is 5.92 Å². The van der Waals surface area contributed by atoms with Gasteiger partial charge in [-0.3, -0.25) is 4.79 Å². The summed E-state index contributed by atoms with van der Waals surface area (Å²) in [5, 5.41) is 9.02. The number of carboxylic acid groups (broad SMARTS) is 1. The third-order valence-corrected chi connectivity index (χ3v) is 2.93. The van der Waals surface area contributed by atoms with Gasteiger partial charge in [0.2, 0.25) is 5.88 Å². The van der Waals surface area contributed by atoms with E-state index in [1.54, 1.807) is 13.2 Å². The van der Waals surface area contributed by atoms with Gasteiger partial charge < -0.3 is 14.7 Å². The van der Waals surface area contributed by atoms with Crippen molar-refractivity contribution in [2.24, 2.45) is 5.92 Å². The van der Waals surface area contributed by atoms with E-state index in [9.17, 15) is 4.79 Å². The molecule has 0 spiro atoms. The molecule has 0 aromatic carbocycles. The molecule has 6 nitrogen and oxygen atoms in total. The molecule has 92 valence electrons. The number of aromatic nitrogens is 2. The van der Waals surface area contributed by atoms with Crippen molar-refractivity contribution < 1.29 is 14.6 Å². The number of carboxylic acids is 1. The number of ether oxygens (including phenoxy) is 1. The summed E-state index contributed by atoms with van der Waals surface area (Å²) in [5.41, 5.74) is 0. The Morgan fingerprint density at radius 1 is 1.59 bits per heavy atom. The standard InChI is InChI=1S/C11H15N3O3/c1-17-10-5-9(12-7-13-10)14-4-2-3-8(6-14)11(15)16/h5,7-8H,2-4,6H2,1H3,(H,15,16)/t8-/m0/s1.